The minimum absolute atomic E-state index is 0.0164. The van der Waals surface area contributed by atoms with Crippen molar-refractivity contribution in [3.8, 4) is 6.07 Å². The van der Waals surface area contributed by atoms with E-state index in [2.05, 4.69) is 11.4 Å². The lowest BCUT2D eigenvalue weighted by Gasteiger charge is -2.24. The first-order chi connectivity index (χ1) is 13.0. The third kappa shape index (κ3) is 5.56. The number of nitro groups is 1. The lowest BCUT2D eigenvalue weighted by Crippen LogP contribution is -2.31. The van der Waals surface area contributed by atoms with E-state index >= 15 is 0 Å². The number of nitrogens with one attached hydrogen (secondary N) is 1. The maximum Gasteiger partial charge on any atom is 0.316 e. The first-order valence-electron chi connectivity index (χ1n) is 8.43. The van der Waals surface area contributed by atoms with Gasteiger partial charge in [-0.05, 0) is 12.0 Å². The molecule has 1 heterocycles. The van der Waals surface area contributed by atoms with Gasteiger partial charge < -0.3 is 10.1 Å². The molecule has 9 heteroatoms. The van der Waals surface area contributed by atoms with Crippen molar-refractivity contribution in [1.29, 1.82) is 5.26 Å². The van der Waals surface area contributed by atoms with Crippen LogP contribution in [0.15, 0.2) is 34.9 Å². The van der Waals surface area contributed by atoms with E-state index in [0.29, 0.717) is 22.8 Å². The van der Waals surface area contributed by atoms with Crippen LogP contribution in [0.5, 0.6) is 0 Å². The highest BCUT2D eigenvalue weighted by atomic mass is 32.2. The molecule has 1 aromatic rings. The second-order valence-corrected chi connectivity index (χ2v) is 6.86. The highest BCUT2D eigenvalue weighted by Gasteiger charge is 2.30. The number of ether oxygens (including phenoxy) is 1. The topological polar surface area (TPSA) is 122 Å². The zero-order valence-corrected chi connectivity index (χ0v) is 15.6. The molecule has 142 valence electrons. The van der Waals surface area contributed by atoms with Crippen LogP contribution in [0.1, 0.15) is 37.7 Å². The van der Waals surface area contributed by atoms with Gasteiger partial charge in [-0.3, -0.25) is 19.7 Å². The molecule has 0 radical (unpaired) electrons. The summed E-state index contributed by atoms with van der Waals surface area (Å²) in [5, 5.41) is 23.3. The number of hydrogen-bond acceptors (Lipinski definition) is 7. The Morgan fingerprint density at radius 1 is 1.44 bits per heavy atom. The van der Waals surface area contributed by atoms with E-state index in [1.165, 1.54) is 12.1 Å². The summed E-state index contributed by atoms with van der Waals surface area (Å²) in [4.78, 5) is 34.1. The van der Waals surface area contributed by atoms with Gasteiger partial charge in [0.15, 0.2) is 0 Å². The molecule has 0 unspecified atom stereocenters. The number of unbranched alkanes of at least 4 members (excludes halogenated alkanes) is 1. The second kappa shape index (κ2) is 9.73. The molecule has 0 saturated heterocycles. The van der Waals surface area contributed by atoms with Crippen molar-refractivity contribution in [1.82, 2.24) is 5.32 Å². The normalized spacial score (nSPS) is 16.4. The van der Waals surface area contributed by atoms with Crippen molar-refractivity contribution in [2.24, 2.45) is 0 Å². The van der Waals surface area contributed by atoms with E-state index in [4.69, 9.17) is 4.74 Å². The summed E-state index contributed by atoms with van der Waals surface area (Å²) in [5.41, 5.74) is 0.899. The Labute approximate surface area is 160 Å². The molecule has 1 aromatic carbocycles. The molecule has 1 aliphatic rings. The van der Waals surface area contributed by atoms with Gasteiger partial charge in [-0.1, -0.05) is 37.2 Å². The monoisotopic (exact) mass is 389 g/mol. The highest BCUT2D eigenvalue weighted by molar-refractivity contribution is 8.03. The van der Waals surface area contributed by atoms with Crippen LogP contribution in [0.25, 0.3) is 0 Å². The fourth-order valence-electron chi connectivity index (χ4n) is 2.55. The third-order valence-corrected chi connectivity index (χ3v) is 4.95. The van der Waals surface area contributed by atoms with E-state index in [0.717, 1.165) is 24.6 Å². The van der Waals surface area contributed by atoms with E-state index in [1.54, 1.807) is 12.1 Å². The lowest BCUT2D eigenvalue weighted by atomic mass is 9.87. The molecule has 1 atom stereocenters. The predicted octanol–water partition coefficient (Wildman–Crippen LogP) is 3.01. The Kier molecular flexibility index (Phi) is 7.37. The number of nitrogens with zero attached hydrogens (tertiary/aromatic N) is 2. The van der Waals surface area contributed by atoms with Gasteiger partial charge in [0.05, 0.1) is 34.0 Å². The molecule has 0 fully saturated rings. The summed E-state index contributed by atoms with van der Waals surface area (Å²) >= 11 is 1.05. The highest BCUT2D eigenvalue weighted by Crippen LogP contribution is 2.36. The third-order valence-electron chi connectivity index (χ3n) is 3.96. The minimum atomic E-state index is -0.511. The lowest BCUT2D eigenvalue weighted by molar-refractivity contribution is -0.384. The van der Waals surface area contributed by atoms with Gasteiger partial charge in [-0.15, -0.1) is 0 Å². The van der Waals surface area contributed by atoms with Crippen molar-refractivity contribution in [2.75, 3.05) is 12.4 Å². The molecular weight excluding hydrogens is 370 g/mol. The maximum absolute atomic E-state index is 12.1. The van der Waals surface area contributed by atoms with Crippen LogP contribution in [-0.2, 0) is 14.3 Å². The van der Waals surface area contributed by atoms with Crippen molar-refractivity contribution in [2.45, 2.75) is 32.1 Å². The maximum atomic E-state index is 12.1. The van der Waals surface area contributed by atoms with E-state index in [-0.39, 0.29) is 23.8 Å². The Balaban J connectivity index is 2.16. The first-order valence-corrected chi connectivity index (χ1v) is 9.41. The van der Waals surface area contributed by atoms with E-state index in [1.807, 2.05) is 6.92 Å². The smallest absolute Gasteiger partial charge is 0.316 e. The van der Waals surface area contributed by atoms with Crippen molar-refractivity contribution in [3.63, 3.8) is 0 Å². The zero-order valence-electron chi connectivity index (χ0n) is 14.8. The largest absolute Gasteiger partial charge is 0.465 e. The Morgan fingerprint density at radius 2 is 2.15 bits per heavy atom. The average molecular weight is 389 g/mol. The summed E-state index contributed by atoms with van der Waals surface area (Å²) in [6.45, 7) is 2.33. The fraction of sp³-hybridized carbons (Fsp3) is 0.389. The van der Waals surface area contributed by atoms with Gasteiger partial charge in [0, 0.05) is 24.5 Å². The van der Waals surface area contributed by atoms with Crippen LogP contribution < -0.4 is 5.32 Å². The molecule has 0 aromatic heterocycles. The molecule has 8 nitrogen and oxygen atoms in total. The first kappa shape index (κ1) is 20.5. The Hall–Kier alpha value is -2.86. The molecule has 0 bridgehead atoms. The fourth-order valence-corrected chi connectivity index (χ4v) is 3.42. The quantitative estimate of drug-likeness (QED) is 0.314. The summed E-state index contributed by atoms with van der Waals surface area (Å²) < 4.78 is 5.07. The number of nitriles is 1. The Morgan fingerprint density at radius 3 is 2.74 bits per heavy atom. The number of carbonyl (C=O) groups excluding carboxylic acids is 2. The molecule has 0 spiro atoms. The molecular formula is C18H19N3O5S. The number of nitro benzene ring substituents is 1. The molecule has 1 aliphatic heterocycles. The van der Waals surface area contributed by atoms with Crippen LogP contribution in [-0.4, -0.2) is 29.2 Å². The van der Waals surface area contributed by atoms with Gasteiger partial charge in [0.2, 0.25) is 5.91 Å². The number of benzene rings is 1. The molecule has 27 heavy (non-hydrogen) atoms. The number of non-ortho nitro benzene ring substituents is 1. The van der Waals surface area contributed by atoms with E-state index in [9.17, 15) is 25.0 Å². The van der Waals surface area contributed by atoms with Crippen molar-refractivity contribution in [3.05, 3.63) is 50.5 Å². The van der Waals surface area contributed by atoms with Crippen LogP contribution in [0.3, 0.4) is 0 Å². The van der Waals surface area contributed by atoms with E-state index < -0.39 is 16.8 Å². The van der Waals surface area contributed by atoms with Gasteiger partial charge in [0.1, 0.15) is 0 Å². The molecule has 0 saturated carbocycles. The summed E-state index contributed by atoms with van der Waals surface area (Å²) in [6, 6.07) is 7.86. The van der Waals surface area contributed by atoms with Gasteiger partial charge in [-0.2, -0.15) is 5.26 Å². The number of carbonyl (C=O) groups is 2. The summed E-state index contributed by atoms with van der Waals surface area (Å²) in [7, 11) is 0. The SMILES string of the molecule is CCCCOC(=O)CSC1=C(C#N)[C@@H](c2ccc([N+](=O)[O-])cc2)CC(=O)N1. The molecule has 0 aliphatic carbocycles. The van der Waals surface area contributed by atoms with Crippen LogP contribution >= 0.6 is 11.8 Å². The number of allylic oxidation sites excluding steroid dienone is 1. The summed E-state index contributed by atoms with van der Waals surface area (Å²) in [5.74, 6) is -1.22. The van der Waals surface area contributed by atoms with Crippen LogP contribution in [0.4, 0.5) is 5.69 Å². The predicted molar refractivity (Wildman–Crippen MR) is 99.6 cm³/mol. The van der Waals surface area contributed by atoms with Gasteiger partial charge in [-0.25, -0.2) is 0 Å². The zero-order chi connectivity index (χ0) is 19.8. The molecule has 2 rings (SSSR count). The summed E-state index contributed by atoms with van der Waals surface area (Å²) in [6.07, 6.45) is 1.75. The van der Waals surface area contributed by atoms with Crippen LogP contribution in [0.2, 0.25) is 0 Å². The minimum Gasteiger partial charge on any atom is -0.465 e. The standard InChI is InChI=1S/C18H19N3O5S/c1-2-3-8-26-17(23)11-27-18-15(10-19)14(9-16(22)20-18)12-4-6-13(7-5-12)21(24)25/h4-7,14H,2-3,8-9,11H2,1H3,(H,20,22)/t14-/m1/s1. The second-order valence-electron chi connectivity index (χ2n) is 5.87. The number of rotatable bonds is 8. The molecule has 1 N–H and O–H groups in total. The van der Waals surface area contributed by atoms with Gasteiger partial charge >= 0.3 is 5.97 Å². The van der Waals surface area contributed by atoms with Crippen molar-refractivity contribution >= 4 is 29.3 Å². The van der Waals surface area contributed by atoms with Gasteiger partial charge in [0.25, 0.3) is 5.69 Å². The Bertz CT molecular complexity index is 798. The molecule has 1 amide bonds. The number of thioether (sulfide) groups is 1. The number of amides is 1. The average Bonchev–Trinajstić information content (AvgIpc) is 2.66. The van der Waals surface area contributed by atoms with Crippen LogP contribution in [0, 0.1) is 21.4 Å². The number of hydrogen-bond donors (Lipinski definition) is 1. The number of esters is 1. The van der Waals surface area contributed by atoms with Crippen molar-refractivity contribution < 1.29 is 19.2 Å².